The maximum absolute atomic E-state index is 2.40. The zero-order valence-corrected chi connectivity index (χ0v) is 19.2. The normalized spacial score (nSPS) is 11.8. The van der Waals surface area contributed by atoms with Crippen molar-refractivity contribution in [3.8, 4) is 16.9 Å². The van der Waals surface area contributed by atoms with Crippen molar-refractivity contribution in [2.45, 2.75) is 47.0 Å². The fourth-order valence-electron chi connectivity index (χ4n) is 4.42. The van der Waals surface area contributed by atoms with Gasteiger partial charge in [0.2, 0.25) is 16.9 Å². The van der Waals surface area contributed by atoms with Gasteiger partial charge in [0.05, 0.1) is 5.56 Å². The van der Waals surface area contributed by atoms with Gasteiger partial charge in [0.25, 0.3) is 0 Å². The summed E-state index contributed by atoms with van der Waals surface area (Å²) in [4.78, 5) is 0. The third kappa shape index (κ3) is 3.41. The SMILES string of the molecule is Cc1cc2ccccc2[n+](C)c1-c1cc(C(C)(C)C)cc(-[n+]2ccccc2C)c1C. The lowest BCUT2D eigenvalue weighted by molar-refractivity contribution is -0.634. The van der Waals surface area contributed by atoms with Crippen LogP contribution >= 0.6 is 0 Å². The molecule has 2 heteroatoms. The number of rotatable bonds is 2. The highest BCUT2D eigenvalue weighted by atomic mass is 15.0. The second kappa shape index (κ2) is 7.36. The fraction of sp³-hybridized carbons (Fsp3) is 0.286. The zero-order valence-electron chi connectivity index (χ0n) is 19.2. The molecule has 152 valence electrons. The van der Waals surface area contributed by atoms with Crippen LogP contribution in [0.4, 0.5) is 0 Å². The van der Waals surface area contributed by atoms with E-state index >= 15 is 0 Å². The second-order valence-corrected chi connectivity index (χ2v) is 9.42. The largest absolute Gasteiger partial charge is 0.216 e. The molecule has 0 amide bonds. The third-order valence-electron chi connectivity index (χ3n) is 6.20. The Labute approximate surface area is 180 Å². The summed E-state index contributed by atoms with van der Waals surface area (Å²) in [6.45, 7) is 13.5. The number of benzene rings is 2. The lowest BCUT2D eigenvalue weighted by Crippen LogP contribution is -2.36. The maximum Gasteiger partial charge on any atom is 0.216 e. The lowest BCUT2D eigenvalue weighted by atomic mass is 9.83. The zero-order chi connectivity index (χ0) is 21.6. The van der Waals surface area contributed by atoms with Crippen LogP contribution in [0.1, 0.15) is 43.2 Å². The highest BCUT2D eigenvalue weighted by molar-refractivity contribution is 5.80. The molecule has 2 heterocycles. The summed E-state index contributed by atoms with van der Waals surface area (Å²) in [5.74, 6) is 0. The highest BCUT2D eigenvalue weighted by Crippen LogP contribution is 2.34. The lowest BCUT2D eigenvalue weighted by Gasteiger charge is -2.21. The number of para-hydroxylation sites is 1. The number of nitrogens with zero attached hydrogens (tertiary/aromatic N) is 2. The van der Waals surface area contributed by atoms with Crippen LogP contribution in [0.5, 0.6) is 0 Å². The van der Waals surface area contributed by atoms with E-state index in [0.29, 0.717) is 0 Å². The molecule has 0 radical (unpaired) electrons. The summed E-state index contributed by atoms with van der Waals surface area (Å²) in [5.41, 5.74) is 10.3. The van der Waals surface area contributed by atoms with E-state index < -0.39 is 0 Å². The van der Waals surface area contributed by atoms with E-state index in [1.54, 1.807) is 0 Å². The van der Waals surface area contributed by atoms with Crippen molar-refractivity contribution < 1.29 is 9.13 Å². The van der Waals surface area contributed by atoms with Crippen molar-refractivity contribution in [2.24, 2.45) is 7.05 Å². The molecule has 0 aliphatic heterocycles. The first kappa shape index (κ1) is 20.3. The van der Waals surface area contributed by atoms with Gasteiger partial charge in [-0.2, -0.15) is 9.13 Å². The maximum atomic E-state index is 2.40. The summed E-state index contributed by atoms with van der Waals surface area (Å²) in [6, 6.07) is 22.1. The van der Waals surface area contributed by atoms with E-state index in [2.05, 4.69) is 125 Å². The molecule has 0 unspecified atom stereocenters. The Morgan fingerprint density at radius 3 is 2.20 bits per heavy atom. The van der Waals surface area contributed by atoms with Crippen LogP contribution in [0.25, 0.3) is 27.8 Å². The van der Waals surface area contributed by atoms with E-state index in [9.17, 15) is 0 Å². The van der Waals surface area contributed by atoms with Crippen molar-refractivity contribution in [1.82, 2.24) is 0 Å². The minimum Gasteiger partial charge on any atom is -0.194 e. The molecule has 0 spiro atoms. The van der Waals surface area contributed by atoms with Crippen LogP contribution in [0.15, 0.2) is 66.9 Å². The Hall–Kier alpha value is -3.00. The van der Waals surface area contributed by atoms with Crippen LogP contribution in [0.2, 0.25) is 0 Å². The molecule has 0 bridgehead atoms. The molecule has 30 heavy (non-hydrogen) atoms. The Morgan fingerprint density at radius 2 is 1.50 bits per heavy atom. The Kier molecular flexibility index (Phi) is 4.97. The first-order valence-corrected chi connectivity index (χ1v) is 10.7. The predicted octanol–water partition coefficient (Wildman–Crippen LogP) is 5.83. The van der Waals surface area contributed by atoms with Gasteiger partial charge in [-0.1, -0.05) is 39.0 Å². The average Bonchev–Trinajstić information content (AvgIpc) is 2.69. The number of aryl methyl sites for hydroxylation is 3. The van der Waals surface area contributed by atoms with E-state index in [1.807, 2.05) is 0 Å². The molecule has 0 aliphatic rings. The minimum atomic E-state index is 0.0593. The van der Waals surface area contributed by atoms with E-state index in [1.165, 1.54) is 50.2 Å². The quantitative estimate of drug-likeness (QED) is 0.377. The molecule has 0 aliphatic carbocycles. The van der Waals surface area contributed by atoms with Crippen molar-refractivity contribution in [3.05, 3.63) is 89.2 Å². The number of aromatic nitrogens is 2. The van der Waals surface area contributed by atoms with E-state index in [4.69, 9.17) is 0 Å². The van der Waals surface area contributed by atoms with Crippen LogP contribution in [0, 0.1) is 20.8 Å². The topological polar surface area (TPSA) is 7.76 Å². The van der Waals surface area contributed by atoms with Crippen molar-refractivity contribution in [3.63, 3.8) is 0 Å². The number of pyridine rings is 2. The van der Waals surface area contributed by atoms with Crippen LogP contribution in [0.3, 0.4) is 0 Å². The first-order chi connectivity index (χ1) is 14.2. The van der Waals surface area contributed by atoms with Crippen molar-refractivity contribution in [2.75, 3.05) is 0 Å². The summed E-state index contributed by atoms with van der Waals surface area (Å²) in [7, 11) is 2.19. The van der Waals surface area contributed by atoms with Gasteiger partial charge in [0.1, 0.15) is 7.05 Å². The molecule has 2 aromatic carbocycles. The minimum absolute atomic E-state index is 0.0593. The summed E-state index contributed by atoms with van der Waals surface area (Å²) in [6.07, 6.45) is 2.17. The van der Waals surface area contributed by atoms with Crippen LogP contribution < -0.4 is 9.13 Å². The second-order valence-electron chi connectivity index (χ2n) is 9.42. The fourth-order valence-corrected chi connectivity index (χ4v) is 4.42. The highest BCUT2D eigenvalue weighted by Gasteiger charge is 2.27. The van der Waals surface area contributed by atoms with Crippen LogP contribution in [-0.4, -0.2) is 0 Å². The Bertz CT molecular complexity index is 1260. The summed E-state index contributed by atoms with van der Waals surface area (Å²) >= 11 is 0. The summed E-state index contributed by atoms with van der Waals surface area (Å²) < 4.78 is 4.66. The molecule has 0 N–H and O–H groups in total. The van der Waals surface area contributed by atoms with Gasteiger partial charge < -0.3 is 0 Å². The summed E-state index contributed by atoms with van der Waals surface area (Å²) in [5, 5.41) is 1.28. The van der Waals surface area contributed by atoms with E-state index in [0.717, 1.165) is 0 Å². The Balaban J connectivity index is 2.10. The molecule has 4 aromatic rings. The molecular weight excluding hydrogens is 364 g/mol. The van der Waals surface area contributed by atoms with Crippen LogP contribution in [-0.2, 0) is 12.5 Å². The van der Waals surface area contributed by atoms with Gasteiger partial charge in [-0.3, -0.25) is 0 Å². The molecule has 2 aromatic heterocycles. The van der Waals surface area contributed by atoms with E-state index in [-0.39, 0.29) is 5.41 Å². The van der Waals surface area contributed by atoms with Gasteiger partial charge >= 0.3 is 0 Å². The molecule has 0 fully saturated rings. The van der Waals surface area contributed by atoms with Gasteiger partial charge in [-0.15, -0.1) is 0 Å². The third-order valence-corrected chi connectivity index (χ3v) is 6.20. The predicted molar refractivity (Wildman–Crippen MR) is 125 cm³/mol. The molecule has 4 rings (SSSR count). The van der Waals surface area contributed by atoms with Gasteiger partial charge in [0, 0.05) is 47.7 Å². The number of hydrogen-bond acceptors (Lipinski definition) is 0. The average molecular weight is 397 g/mol. The monoisotopic (exact) mass is 396 g/mol. The van der Waals surface area contributed by atoms with Gasteiger partial charge in [0.15, 0.2) is 11.9 Å². The molecule has 0 saturated heterocycles. The molecular formula is C28H32N2+2. The smallest absolute Gasteiger partial charge is 0.194 e. The molecule has 0 atom stereocenters. The first-order valence-electron chi connectivity index (χ1n) is 10.7. The molecule has 2 nitrogen and oxygen atoms in total. The number of hydrogen-bond donors (Lipinski definition) is 0. The standard InChI is InChI=1S/C28H32N2/c1-19-16-22-13-8-9-14-25(22)29(7)27(19)24-17-23(28(4,5)6)18-26(21(24)3)30-15-11-10-12-20(30)2/h8-18H,1-7H3/q+2. The van der Waals surface area contributed by atoms with Gasteiger partial charge in [-0.25, -0.2) is 0 Å². The van der Waals surface area contributed by atoms with Crippen molar-refractivity contribution >= 4 is 10.9 Å². The Morgan fingerprint density at radius 1 is 0.800 bits per heavy atom. The molecule has 0 saturated carbocycles. The van der Waals surface area contributed by atoms with Crippen molar-refractivity contribution in [1.29, 1.82) is 0 Å². The van der Waals surface area contributed by atoms with Gasteiger partial charge in [-0.05, 0) is 43.0 Å². The number of fused-ring (bicyclic) bond motifs is 1.